The minimum absolute atomic E-state index is 0.0975. The summed E-state index contributed by atoms with van der Waals surface area (Å²) in [5.74, 6) is 2.27. The molecule has 0 aliphatic carbocycles. The second-order valence-corrected chi connectivity index (χ2v) is 7.30. The van der Waals surface area contributed by atoms with Crippen molar-refractivity contribution in [1.29, 1.82) is 0 Å². The van der Waals surface area contributed by atoms with Gasteiger partial charge in [0.2, 0.25) is 0 Å². The van der Waals surface area contributed by atoms with E-state index < -0.39 is 0 Å². The molecule has 1 aromatic carbocycles. The van der Waals surface area contributed by atoms with Gasteiger partial charge in [-0.2, -0.15) is 0 Å². The average molecular weight is 391 g/mol. The molecule has 29 heavy (non-hydrogen) atoms. The second-order valence-electron chi connectivity index (χ2n) is 7.30. The van der Waals surface area contributed by atoms with Crippen molar-refractivity contribution in [3.8, 4) is 5.75 Å². The van der Waals surface area contributed by atoms with Crippen LogP contribution in [0.1, 0.15) is 22.3 Å². The van der Waals surface area contributed by atoms with Crippen LogP contribution in [-0.4, -0.2) is 66.7 Å². The van der Waals surface area contributed by atoms with E-state index in [1.54, 1.807) is 30.6 Å². The predicted octanol–water partition coefficient (Wildman–Crippen LogP) is 2.62. The highest BCUT2D eigenvalue weighted by atomic mass is 16.5. The number of amidine groups is 1. The summed E-state index contributed by atoms with van der Waals surface area (Å²) in [6.07, 6.45) is 5.79. The molecule has 150 valence electrons. The number of hydrogen-bond donors (Lipinski definition) is 1. The molecule has 3 heterocycles. The third-order valence-corrected chi connectivity index (χ3v) is 4.87. The van der Waals surface area contributed by atoms with Crippen LogP contribution < -0.4 is 10.1 Å². The van der Waals surface area contributed by atoms with E-state index in [9.17, 15) is 4.79 Å². The molecule has 0 spiro atoms. The Bertz CT molecular complexity index is 953. The molecule has 0 radical (unpaired) electrons. The van der Waals surface area contributed by atoms with Gasteiger partial charge in [-0.1, -0.05) is 6.07 Å². The number of carbonyl (C=O) groups is 1. The Morgan fingerprint density at radius 3 is 3.00 bits per heavy atom. The molecule has 0 saturated carbocycles. The van der Waals surface area contributed by atoms with Gasteiger partial charge in [0.15, 0.2) is 5.78 Å². The number of fused-ring (bicyclic) bond motifs is 3. The predicted molar refractivity (Wildman–Crippen MR) is 113 cm³/mol. The van der Waals surface area contributed by atoms with Crippen molar-refractivity contribution in [2.75, 3.05) is 45.7 Å². The molecule has 2 aliphatic rings. The molecule has 1 aromatic heterocycles. The molecule has 7 heteroatoms. The van der Waals surface area contributed by atoms with Crippen LogP contribution in [0.4, 0.5) is 5.69 Å². The van der Waals surface area contributed by atoms with E-state index in [2.05, 4.69) is 34.3 Å². The summed E-state index contributed by atoms with van der Waals surface area (Å²) in [4.78, 5) is 25.6. The molecule has 4 rings (SSSR count). The Kier molecular flexibility index (Phi) is 5.57. The Morgan fingerprint density at radius 2 is 2.21 bits per heavy atom. The molecule has 1 N–H and O–H groups in total. The maximum Gasteiger partial charge on any atom is 0.191 e. The van der Waals surface area contributed by atoms with Crippen LogP contribution in [0, 0.1) is 0 Å². The van der Waals surface area contributed by atoms with E-state index in [4.69, 9.17) is 4.74 Å². The number of allylic oxidation sites excluding steroid dienone is 1. The molecule has 0 amide bonds. The number of ether oxygens (including phenoxy) is 1. The first-order valence-electron chi connectivity index (χ1n) is 9.79. The Hall–Kier alpha value is -3.19. The van der Waals surface area contributed by atoms with E-state index in [-0.39, 0.29) is 5.78 Å². The van der Waals surface area contributed by atoms with E-state index >= 15 is 0 Å². The summed E-state index contributed by atoms with van der Waals surface area (Å²) >= 11 is 0. The SMILES string of the molecule is CN(C)CCCOc1cccc2c1N/C(=C\C(=O)c1cccnc1)N1CCN=C21. The maximum absolute atomic E-state index is 12.7. The van der Waals surface area contributed by atoms with Gasteiger partial charge in [-0.25, -0.2) is 0 Å². The van der Waals surface area contributed by atoms with Gasteiger partial charge in [-0.3, -0.25) is 14.8 Å². The van der Waals surface area contributed by atoms with E-state index in [1.807, 2.05) is 23.1 Å². The van der Waals surface area contributed by atoms with Crippen molar-refractivity contribution >= 4 is 17.3 Å². The fraction of sp³-hybridized carbons (Fsp3) is 0.318. The maximum atomic E-state index is 12.7. The van der Waals surface area contributed by atoms with Gasteiger partial charge in [-0.05, 0) is 44.8 Å². The number of para-hydroxylation sites is 1. The summed E-state index contributed by atoms with van der Waals surface area (Å²) in [5, 5.41) is 3.42. The Balaban J connectivity index is 1.61. The van der Waals surface area contributed by atoms with Crippen LogP contribution in [0.3, 0.4) is 0 Å². The normalized spacial score (nSPS) is 16.3. The molecular formula is C22H25N5O2. The minimum atomic E-state index is -0.0975. The van der Waals surface area contributed by atoms with Gasteiger partial charge in [0.25, 0.3) is 0 Å². The fourth-order valence-corrected chi connectivity index (χ4v) is 3.47. The number of carbonyl (C=O) groups excluding carboxylic acids is 1. The third-order valence-electron chi connectivity index (χ3n) is 4.87. The zero-order chi connectivity index (χ0) is 20.2. The van der Waals surface area contributed by atoms with Gasteiger partial charge in [0.05, 0.1) is 18.8 Å². The quantitative estimate of drug-likeness (QED) is 0.445. The number of rotatable bonds is 7. The number of aromatic nitrogens is 1. The highest BCUT2D eigenvalue weighted by Gasteiger charge is 2.31. The van der Waals surface area contributed by atoms with Crippen LogP contribution in [-0.2, 0) is 0 Å². The van der Waals surface area contributed by atoms with Crippen LogP contribution >= 0.6 is 0 Å². The monoisotopic (exact) mass is 391 g/mol. The summed E-state index contributed by atoms with van der Waals surface area (Å²) < 4.78 is 6.06. The van der Waals surface area contributed by atoms with E-state index in [0.717, 1.165) is 42.3 Å². The summed E-state index contributed by atoms with van der Waals surface area (Å²) in [7, 11) is 4.10. The molecule has 2 aromatic rings. The van der Waals surface area contributed by atoms with Crippen molar-refractivity contribution in [1.82, 2.24) is 14.8 Å². The molecular weight excluding hydrogens is 366 g/mol. The Morgan fingerprint density at radius 1 is 1.31 bits per heavy atom. The lowest BCUT2D eigenvalue weighted by Crippen LogP contribution is -2.36. The zero-order valence-corrected chi connectivity index (χ0v) is 16.8. The molecule has 2 aliphatic heterocycles. The summed E-state index contributed by atoms with van der Waals surface area (Å²) in [6, 6.07) is 9.49. The first-order chi connectivity index (χ1) is 14.1. The van der Waals surface area contributed by atoms with Gasteiger partial charge in [0.1, 0.15) is 17.4 Å². The van der Waals surface area contributed by atoms with Crippen molar-refractivity contribution in [2.45, 2.75) is 6.42 Å². The first-order valence-corrected chi connectivity index (χ1v) is 9.79. The van der Waals surface area contributed by atoms with Crippen molar-refractivity contribution < 1.29 is 9.53 Å². The molecule has 0 atom stereocenters. The number of nitrogens with one attached hydrogen (secondary N) is 1. The molecule has 0 bridgehead atoms. The lowest BCUT2D eigenvalue weighted by molar-refractivity contribution is 0.104. The van der Waals surface area contributed by atoms with Crippen LogP contribution in [0.25, 0.3) is 0 Å². The van der Waals surface area contributed by atoms with E-state index in [1.165, 1.54) is 0 Å². The molecule has 0 unspecified atom stereocenters. The van der Waals surface area contributed by atoms with Crippen LogP contribution in [0.5, 0.6) is 5.75 Å². The molecule has 7 nitrogen and oxygen atoms in total. The number of pyridine rings is 1. The average Bonchev–Trinajstić information content (AvgIpc) is 3.22. The van der Waals surface area contributed by atoms with Crippen LogP contribution in [0.2, 0.25) is 0 Å². The topological polar surface area (TPSA) is 70.1 Å². The number of aliphatic imine (C=N–C) groups is 1. The zero-order valence-electron chi connectivity index (χ0n) is 16.8. The second kappa shape index (κ2) is 8.45. The van der Waals surface area contributed by atoms with Gasteiger partial charge in [-0.15, -0.1) is 0 Å². The number of anilines is 1. The largest absolute Gasteiger partial charge is 0.491 e. The number of benzene rings is 1. The minimum Gasteiger partial charge on any atom is -0.491 e. The highest BCUT2D eigenvalue weighted by molar-refractivity contribution is 6.11. The number of ketones is 1. The van der Waals surface area contributed by atoms with Gasteiger partial charge in [0, 0.05) is 42.7 Å². The van der Waals surface area contributed by atoms with Gasteiger partial charge < -0.3 is 19.9 Å². The lowest BCUT2D eigenvalue weighted by atomic mass is 10.1. The fourth-order valence-electron chi connectivity index (χ4n) is 3.47. The van der Waals surface area contributed by atoms with Crippen molar-refractivity contribution in [2.24, 2.45) is 4.99 Å². The van der Waals surface area contributed by atoms with Crippen LogP contribution in [0.15, 0.2) is 59.6 Å². The lowest BCUT2D eigenvalue weighted by Gasteiger charge is -2.32. The van der Waals surface area contributed by atoms with Crippen molar-refractivity contribution in [3.63, 3.8) is 0 Å². The molecule has 0 saturated heterocycles. The van der Waals surface area contributed by atoms with E-state index in [0.29, 0.717) is 24.5 Å². The molecule has 0 fully saturated rings. The third kappa shape index (κ3) is 4.14. The number of hydrogen-bond acceptors (Lipinski definition) is 7. The Labute approximate surface area is 170 Å². The number of nitrogens with zero attached hydrogens (tertiary/aromatic N) is 4. The summed E-state index contributed by atoms with van der Waals surface area (Å²) in [6.45, 7) is 3.03. The van der Waals surface area contributed by atoms with Gasteiger partial charge >= 0.3 is 0 Å². The summed E-state index contributed by atoms with van der Waals surface area (Å²) in [5.41, 5.74) is 2.41. The smallest absolute Gasteiger partial charge is 0.191 e. The highest BCUT2D eigenvalue weighted by Crippen LogP contribution is 2.37. The standard InChI is InChI=1S/C22H25N5O2/c1-26(2)11-5-13-29-19-8-3-7-17-21(19)25-20(27-12-10-24-22(17)27)14-18(28)16-6-4-9-23-15-16/h3-4,6-9,14-15,25H,5,10-13H2,1-2H3/b20-14+. The van der Waals surface area contributed by atoms with Crippen molar-refractivity contribution in [3.05, 3.63) is 65.7 Å². The first kappa shape index (κ1) is 19.1.